The smallest absolute Gasteiger partial charge is 0.259 e. The number of aromatic nitrogens is 3. The van der Waals surface area contributed by atoms with Crippen molar-refractivity contribution >= 4 is 55.4 Å². The number of nitrogens with one attached hydrogen (secondary N) is 2. The van der Waals surface area contributed by atoms with Crippen molar-refractivity contribution in [3.63, 3.8) is 0 Å². The third-order valence-corrected chi connectivity index (χ3v) is 7.06. The topological polar surface area (TPSA) is 112 Å². The van der Waals surface area contributed by atoms with Crippen molar-refractivity contribution in [2.45, 2.75) is 6.54 Å². The molecule has 9 nitrogen and oxygen atoms in total. The Morgan fingerprint density at radius 3 is 2.62 bits per heavy atom. The van der Waals surface area contributed by atoms with Gasteiger partial charge in [-0.15, -0.1) is 0 Å². The molecule has 34 heavy (non-hydrogen) atoms. The van der Waals surface area contributed by atoms with Crippen LogP contribution in [0.3, 0.4) is 0 Å². The minimum Gasteiger partial charge on any atom is -0.508 e. The number of fused-ring (bicyclic) bond motifs is 10. The molecule has 0 unspecified atom stereocenters. The van der Waals surface area contributed by atoms with Gasteiger partial charge in [0.05, 0.1) is 52.6 Å². The van der Waals surface area contributed by atoms with Crippen LogP contribution in [0.15, 0.2) is 36.7 Å². The number of hydrogen-bond acceptors (Lipinski definition) is 6. The van der Waals surface area contributed by atoms with E-state index in [2.05, 4.69) is 24.8 Å². The number of aromatic amines is 1. The van der Waals surface area contributed by atoms with Gasteiger partial charge in [-0.1, -0.05) is 0 Å². The molecule has 3 aromatic heterocycles. The van der Waals surface area contributed by atoms with Gasteiger partial charge in [0.1, 0.15) is 5.75 Å². The van der Waals surface area contributed by atoms with Crippen LogP contribution >= 0.6 is 0 Å². The Morgan fingerprint density at radius 1 is 1.00 bits per heavy atom. The normalized spacial score (nSPS) is 16.8. The van der Waals surface area contributed by atoms with Gasteiger partial charge in [-0.2, -0.15) is 0 Å². The Hall–Kier alpha value is -3.95. The van der Waals surface area contributed by atoms with Crippen LogP contribution in [0.2, 0.25) is 0 Å². The number of phenols is 1. The summed E-state index contributed by atoms with van der Waals surface area (Å²) < 4.78 is 7.64. The summed E-state index contributed by atoms with van der Waals surface area (Å²) in [7, 11) is 0. The van der Waals surface area contributed by atoms with E-state index in [0.29, 0.717) is 30.9 Å². The fourth-order valence-corrected chi connectivity index (χ4v) is 5.56. The largest absolute Gasteiger partial charge is 0.508 e. The zero-order valence-corrected chi connectivity index (χ0v) is 18.2. The highest BCUT2D eigenvalue weighted by molar-refractivity contribution is 6.39. The molecule has 2 aromatic carbocycles. The Labute approximate surface area is 192 Å². The fraction of sp³-hybridized carbons (Fsp3) is 0.240. The van der Waals surface area contributed by atoms with E-state index in [0.717, 1.165) is 63.2 Å². The van der Waals surface area contributed by atoms with Crippen LogP contribution in [-0.4, -0.2) is 69.2 Å². The van der Waals surface area contributed by atoms with Gasteiger partial charge in [-0.3, -0.25) is 24.8 Å². The van der Waals surface area contributed by atoms with Crippen molar-refractivity contribution < 1.29 is 19.4 Å². The highest BCUT2D eigenvalue weighted by Crippen LogP contribution is 2.43. The summed E-state index contributed by atoms with van der Waals surface area (Å²) in [4.78, 5) is 36.1. The Balaban J connectivity index is 1.62. The molecule has 7 rings (SSSR count). The molecule has 0 atom stereocenters. The molecule has 2 aliphatic rings. The zero-order valence-electron chi connectivity index (χ0n) is 18.2. The van der Waals surface area contributed by atoms with Crippen LogP contribution in [0, 0.1) is 0 Å². The number of nitrogens with zero attached hydrogens (tertiary/aromatic N) is 3. The van der Waals surface area contributed by atoms with Crippen LogP contribution < -0.4 is 5.32 Å². The van der Waals surface area contributed by atoms with Crippen molar-refractivity contribution in [3.8, 4) is 5.75 Å². The van der Waals surface area contributed by atoms with Crippen molar-refractivity contribution in [1.82, 2.24) is 24.8 Å². The van der Waals surface area contributed by atoms with Gasteiger partial charge in [0, 0.05) is 60.0 Å². The first-order valence-electron chi connectivity index (χ1n) is 11.3. The van der Waals surface area contributed by atoms with E-state index in [1.807, 2.05) is 12.1 Å². The summed E-state index contributed by atoms with van der Waals surface area (Å²) in [6, 6.07) is 7.04. The lowest BCUT2D eigenvalue weighted by atomic mass is 9.97. The minimum atomic E-state index is -0.393. The van der Waals surface area contributed by atoms with Gasteiger partial charge in [0.2, 0.25) is 0 Å². The second-order valence-corrected chi connectivity index (χ2v) is 8.86. The molecule has 9 heteroatoms. The van der Waals surface area contributed by atoms with Crippen molar-refractivity contribution in [2.24, 2.45) is 0 Å². The summed E-state index contributed by atoms with van der Waals surface area (Å²) in [5.74, 6) is -0.634. The van der Waals surface area contributed by atoms with E-state index in [1.54, 1.807) is 24.5 Å². The number of benzene rings is 2. The Morgan fingerprint density at radius 2 is 1.79 bits per heavy atom. The zero-order chi connectivity index (χ0) is 23.0. The third kappa shape index (κ3) is 2.59. The fourth-order valence-electron chi connectivity index (χ4n) is 5.56. The maximum atomic E-state index is 13.1. The quantitative estimate of drug-likeness (QED) is 0.361. The first kappa shape index (κ1) is 19.5. The second-order valence-electron chi connectivity index (χ2n) is 8.86. The Bertz CT molecular complexity index is 1680. The third-order valence-electron chi connectivity index (χ3n) is 7.06. The molecule has 5 aromatic rings. The van der Waals surface area contributed by atoms with E-state index in [4.69, 9.17) is 4.74 Å². The number of pyridine rings is 1. The average molecular weight is 455 g/mol. The van der Waals surface area contributed by atoms with Gasteiger partial charge in [0.25, 0.3) is 11.8 Å². The van der Waals surface area contributed by atoms with Gasteiger partial charge in [-0.25, -0.2) is 0 Å². The summed E-state index contributed by atoms with van der Waals surface area (Å²) in [5, 5.41) is 15.9. The molecule has 0 spiro atoms. The molecular formula is C25H21N5O4. The van der Waals surface area contributed by atoms with Gasteiger partial charge in [-0.05, 0) is 18.2 Å². The van der Waals surface area contributed by atoms with Crippen LogP contribution in [0.25, 0.3) is 43.6 Å². The lowest BCUT2D eigenvalue weighted by Crippen LogP contribution is -2.38. The molecule has 3 N–H and O–H groups in total. The number of hydrogen-bond donors (Lipinski definition) is 3. The Kier molecular flexibility index (Phi) is 4.03. The lowest BCUT2D eigenvalue weighted by molar-refractivity contribution is 0.0366. The van der Waals surface area contributed by atoms with Crippen LogP contribution in [-0.2, 0) is 11.3 Å². The predicted molar refractivity (Wildman–Crippen MR) is 127 cm³/mol. The van der Waals surface area contributed by atoms with Gasteiger partial charge in [0.15, 0.2) is 0 Å². The number of morpholine rings is 1. The molecule has 1 saturated heterocycles. The number of H-pyrrole nitrogens is 1. The average Bonchev–Trinajstić information content (AvgIpc) is 3.47. The monoisotopic (exact) mass is 455 g/mol. The van der Waals surface area contributed by atoms with Gasteiger partial charge >= 0.3 is 0 Å². The molecule has 0 aliphatic carbocycles. The molecule has 170 valence electrons. The number of ether oxygens (including phenoxy) is 1. The number of phenolic OH excluding ortho intramolecular Hbond substituents is 1. The number of carbonyl (C=O) groups excluding carboxylic acids is 2. The van der Waals surface area contributed by atoms with Gasteiger partial charge < -0.3 is 19.4 Å². The summed E-state index contributed by atoms with van der Waals surface area (Å²) in [6.45, 7) is 4.60. The molecule has 0 radical (unpaired) electrons. The summed E-state index contributed by atoms with van der Waals surface area (Å²) in [5.41, 5.74) is 4.05. The number of imide groups is 1. The van der Waals surface area contributed by atoms with Crippen LogP contribution in [0.4, 0.5) is 0 Å². The summed E-state index contributed by atoms with van der Waals surface area (Å²) in [6.07, 6.45) is 3.42. The standard InChI is InChI=1S/C25H21N5O4/c31-13-1-2-15-17(11-13)30(6-5-29-7-9-34-10-8-29)23-19(15)21-20(24(32)28-25(21)33)18-14-3-4-26-12-16(14)27-22(18)23/h1-4,11-12,27,31H,5-10H2,(H,28,32,33). The predicted octanol–water partition coefficient (Wildman–Crippen LogP) is 2.75. The molecular weight excluding hydrogens is 434 g/mol. The van der Waals surface area contributed by atoms with Crippen LogP contribution in [0.1, 0.15) is 20.7 Å². The molecule has 2 aliphatic heterocycles. The molecule has 0 bridgehead atoms. The minimum absolute atomic E-state index is 0.150. The van der Waals surface area contributed by atoms with E-state index < -0.39 is 11.8 Å². The highest BCUT2D eigenvalue weighted by atomic mass is 16.5. The molecule has 2 amide bonds. The number of aromatic hydroxyl groups is 1. The maximum absolute atomic E-state index is 13.1. The highest BCUT2D eigenvalue weighted by Gasteiger charge is 2.35. The first-order chi connectivity index (χ1) is 16.6. The van der Waals surface area contributed by atoms with E-state index in [1.165, 1.54) is 0 Å². The maximum Gasteiger partial charge on any atom is 0.259 e. The number of amides is 2. The second kappa shape index (κ2) is 7.02. The number of carbonyl (C=O) groups is 2. The van der Waals surface area contributed by atoms with Crippen LogP contribution in [0.5, 0.6) is 5.75 Å². The number of rotatable bonds is 3. The van der Waals surface area contributed by atoms with E-state index in [9.17, 15) is 14.7 Å². The van der Waals surface area contributed by atoms with Crippen molar-refractivity contribution in [1.29, 1.82) is 0 Å². The molecule has 1 fully saturated rings. The van der Waals surface area contributed by atoms with Crippen molar-refractivity contribution in [2.75, 3.05) is 32.8 Å². The summed E-state index contributed by atoms with van der Waals surface area (Å²) >= 11 is 0. The SMILES string of the molecule is O=C1NC(=O)c2c1c1c3ccncc3[nH]c1c1c2c2ccc(O)cc2n1CCN1CCOCC1. The first-order valence-corrected chi connectivity index (χ1v) is 11.3. The lowest BCUT2D eigenvalue weighted by Gasteiger charge is -2.27. The van der Waals surface area contributed by atoms with Crippen molar-refractivity contribution in [3.05, 3.63) is 47.8 Å². The molecule has 0 saturated carbocycles. The van der Waals surface area contributed by atoms with E-state index in [-0.39, 0.29) is 5.75 Å². The molecule has 5 heterocycles. The van der Waals surface area contributed by atoms with E-state index >= 15 is 0 Å².